The van der Waals surface area contributed by atoms with Gasteiger partial charge in [0.15, 0.2) is 6.10 Å². The molecule has 1 aliphatic heterocycles. The second-order valence-electron chi connectivity index (χ2n) is 6.35. The van der Waals surface area contributed by atoms with Crippen molar-refractivity contribution < 1.29 is 42.1 Å². The van der Waals surface area contributed by atoms with Gasteiger partial charge in [0.05, 0.1) is 13.2 Å². The fourth-order valence-corrected chi connectivity index (χ4v) is 2.73. The van der Waals surface area contributed by atoms with Crippen molar-refractivity contribution in [3.63, 3.8) is 0 Å². The van der Waals surface area contributed by atoms with E-state index in [1.54, 1.807) is 7.11 Å². The van der Waals surface area contributed by atoms with Gasteiger partial charge in [0.25, 0.3) is 0 Å². The summed E-state index contributed by atoms with van der Waals surface area (Å²) in [6, 6.07) is 7.43. The van der Waals surface area contributed by atoms with Crippen LogP contribution in [0.2, 0.25) is 5.02 Å². The lowest BCUT2D eigenvalue weighted by Crippen LogP contribution is -2.52. The molecule has 2 rings (SSSR count). The Balaban J connectivity index is 0.000000553. The molecule has 1 saturated heterocycles. The van der Waals surface area contributed by atoms with E-state index in [-0.39, 0.29) is 24.7 Å². The van der Waals surface area contributed by atoms with Gasteiger partial charge in [-0.2, -0.15) is 13.2 Å². The van der Waals surface area contributed by atoms with E-state index in [0.29, 0.717) is 11.6 Å². The van der Waals surface area contributed by atoms with Gasteiger partial charge in [0.2, 0.25) is 0 Å². The Hall–Kier alpha value is -2.14. The van der Waals surface area contributed by atoms with E-state index in [1.807, 2.05) is 43.3 Å². The SMILES string of the molecule is CO[C@@H]1[C@@H](OC(=O)CN)[C@H](C=Cc2ccc(Cl)cc2)OC[C@@H]1C.O=C(O)C(F)(F)F. The minimum absolute atomic E-state index is 0.121. The van der Waals surface area contributed by atoms with Crippen LogP contribution in [0.25, 0.3) is 6.08 Å². The normalized spacial score (nSPS) is 24.1. The summed E-state index contributed by atoms with van der Waals surface area (Å²) >= 11 is 5.88. The quantitative estimate of drug-likeness (QED) is 0.660. The lowest BCUT2D eigenvalue weighted by molar-refractivity contribution is -0.192. The molecule has 1 heterocycles. The molecule has 0 amide bonds. The average Bonchev–Trinajstić information content (AvgIpc) is 2.68. The Morgan fingerprint density at radius 1 is 1.30 bits per heavy atom. The second-order valence-corrected chi connectivity index (χ2v) is 6.78. The molecule has 11 heteroatoms. The Bertz CT molecular complexity index is 726. The minimum Gasteiger partial charge on any atom is -0.475 e. The van der Waals surface area contributed by atoms with E-state index in [9.17, 15) is 18.0 Å². The van der Waals surface area contributed by atoms with Crippen LogP contribution in [0.3, 0.4) is 0 Å². The molecule has 4 atom stereocenters. The van der Waals surface area contributed by atoms with Gasteiger partial charge in [-0.15, -0.1) is 0 Å². The van der Waals surface area contributed by atoms with Crippen molar-refractivity contribution >= 4 is 29.6 Å². The van der Waals surface area contributed by atoms with Crippen LogP contribution in [0.5, 0.6) is 0 Å². The summed E-state index contributed by atoms with van der Waals surface area (Å²) in [5.41, 5.74) is 6.33. The number of rotatable bonds is 5. The minimum atomic E-state index is -5.08. The van der Waals surface area contributed by atoms with Crippen LogP contribution in [0.4, 0.5) is 13.2 Å². The van der Waals surface area contributed by atoms with Gasteiger partial charge in [-0.1, -0.05) is 42.8 Å². The molecule has 1 aromatic carbocycles. The van der Waals surface area contributed by atoms with Crippen molar-refractivity contribution in [2.75, 3.05) is 20.3 Å². The fourth-order valence-electron chi connectivity index (χ4n) is 2.61. The lowest BCUT2D eigenvalue weighted by atomic mass is 9.93. The maximum Gasteiger partial charge on any atom is 0.490 e. The molecule has 0 bridgehead atoms. The summed E-state index contributed by atoms with van der Waals surface area (Å²) < 4.78 is 48.5. The summed E-state index contributed by atoms with van der Waals surface area (Å²) in [7, 11) is 1.61. The number of halogens is 4. The van der Waals surface area contributed by atoms with E-state index < -0.39 is 24.2 Å². The molecule has 168 valence electrons. The van der Waals surface area contributed by atoms with Crippen LogP contribution in [-0.4, -0.2) is 61.8 Å². The molecule has 1 aromatic rings. The van der Waals surface area contributed by atoms with Crippen molar-refractivity contribution in [3.8, 4) is 0 Å². The number of carbonyl (C=O) groups is 2. The number of methoxy groups -OCH3 is 1. The number of benzene rings is 1. The third-order valence-corrected chi connectivity index (χ3v) is 4.31. The number of carboxylic acids is 1. The highest BCUT2D eigenvalue weighted by molar-refractivity contribution is 6.30. The van der Waals surface area contributed by atoms with Gasteiger partial charge in [0.1, 0.15) is 12.2 Å². The molecule has 3 N–H and O–H groups in total. The molecule has 1 aliphatic rings. The molecule has 30 heavy (non-hydrogen) atoms. The average molecular weight is 454 g/mol. The summed E-state index contributed by atoms with van der Waals surface area (Å²) in [5, 5.41) is 7.80. The smallest absolute Gasteiger partial charge is 0.475 e. The highest BCUT2D eigenvalue weighted by Crippen LogP contribution is 2.26. The lowest BCUT2D eigenvalue weighted by Gasteiger charge is -2.39. The number of nitrogens with two attached hydrogens (primary N) is 1. The predicted octanol–water partition coefficient (Wildman–Crippen LogP) is 2.91. The molecule has 0 saturated carbocycles. The van der Waals surface area contributed by atoms with Gasteiger partial charge in [0, 0.05) is 18.1 Å². The number of alkyl halides is 3. The molecule has 0 unspecified atom stereocenters. The first-order valence-electron chi connectivity index (χ1n) is 8.77. The predicted molar refractivity (Wildman–Crippen MR) is 103 cm³/mol. The summed E-state index contributed by atoms with van der Waals surface area (Å²) in [6.07, 6.45) is -2.45. The van der Waals surface area contributed by atoms with Crippen LogP contribution < -0.4 is 5.73 Å². The summed E-state index contributed by atoms with van der Waals surface area (Å²) in [6.45, 7) is 2.36. The van der Waals surface area contributed by atoms with Gasteiger partial charge in [-0.05, 0) is 17.7 Å². The molecule has 0 aliphatic carbocycles. The van der Waals surface area contributed by atoms with Crippen molar-refractivity contribution in [1.82, 2.24) is 0 Å². The van der Waals surface area contributed by atoms with Crippen LogP contribution in [0.1, 0.15) is 12.5 Å². The first kappa shape index (κ1) is 25.9. The van der Waals surface area contributed by atoms with Gasteiger partial charge >= 0.3 is 18.1 Å². The Morgan fingerprint density at radius 3 is 2.33 bits per heavy atom. The third kappa shape index (κ3) is 8.31. The Morgan fingerprint density at radius 2 is 1.87 bits per heavy atom. The zero-order valence-electron chi connectivity index (χ0n) is 16.3. The fraction of sp³-hybridized carbons (Fsp3) is 0.474. The van der Waals surface area contributed by atoms with E-state index >= 15 is 0 Å². The molecule has 0 spiro atoms. The largest absolute Gasteiger partial charge is 0.490 e. The number of esters is 1. The topological polar surface area (TPSA) is 108 Å². The highest BCUT2D eigenvalue weighted by Gasteiger charge is 2.40. The number of ether oxygens (including phenoxy) is 3. The summed E-state index contributed by atoms with van der Waals surface area (Å²) in [4.78, 5) is 20.5. The molecule has 1 fully saturated rings. The van der Waals surface area contributed by atoms with E-state index in [1.165, 1.54) is 0 Å². The Kier molecular flexibility index (Phi) is 10.3. The molecule has 0 radical (unpaired) electrons. The van der Waals surface area contributed by atoms with Gasteiger partial charge in [-0.3, -0.25) is 4.79 Å². The zero-order chi connectivity index (χ0) is 22.9. The molecule has 7 nitrogen and oxygen atoms in total. The number of carbonyl (C=O) groups excluding carboxylic acids is 1. The Labute approximate surface area is 176 Å². The maximum absolute atomic E-state index is 11.6. The van der Waals surface area contributed by atoms with Crippen LogP contribution in [0, 0.1) is 5.92 Å². The highest BCUT2D eigenvalue weighted by atomic mass is 35.5. The van der Waals surface area contributed by atoms with Crippen LogP contribution >= 0.6 is 11.6 Å². The van der Waals surface area contributed by atoms with Crippen molar-refractivity contribution in [3.05, 3.63) is 40.9 Å². The maximum atomic E-state index is 11.6. The van der Waals surface area contributed by atoms with Crippen molar-refractivity contribution in [2.24, 2.45) is 11.7 Å². The van der Waals surface area contributed by atoms with Crippen molar-refractivity contribution in [1.29, 1.82) is 0 Å². The molecular weight excluding hydrogens is 431 g/mol. The van der Waals surface area contributed by atoms with Gasteiger partial charge in [-0.25, -0.2) is 4.79 Å². The zero-order valence-corrected chi connectivity index (χ0v) is 17.0. The molecular formula is C19H23ClF3NO6. The third-order valence-electron chi connectivity index (χ3n) is 4.06. The number of hydrogen-bond acceptors (Lipinski definition) is 6. The van der Waals surface area contributed by atoms with E-state index in [0.717, 1.165) is 5.56 Å². The number of hydrogen-bond donors (Lipinski definition) is 2. The second kappa shape index (κ2) is 11.9. The van der Waals surface area contributed by atoms with Crippen LogP contribution in [0.15, 0.2) is 30.3 Å². The standard InChI is InChI=1S/C17H22ClNO4.C2HF3O2/c1-11-10-22-14(8-5-12-3-6-13(18)7-4-12)17(16(11)21-2)23-15(20)9-19;3-2(4,5)1(6)7/h3-8,11,14,16-17H,9-10,19H2,1-2H3;(H,6,7)/t11-,14-,16-,17-;/m0./s1. The first-order chi connectivity index (χ1) is 14.0. The van der Waals surface area contributed by atoms with Crippen molar-refractivity contribution in [2.45, 2.75) is 31.4 Å². The van der Waals surface area contributed by atoms with Gasteiger partial charge < -0.3 is 25.1 Å². The van der Waals surface area contributed by atoms with E-state index in [4.69, 9.17) is 41.4 Å². The number of carboxylic acid groups (broad SMARTS) is 1. The van der Waals surface area contributed by atoms with E-state index in [2.05, 4.69) is 0 Å². The van der Waals surface area contributed by atoms with Crippen LogP contribution in [-0.2, 0) is 23.8 Å². The number of aliphatic carboxylic acids is 1. The first-order valence-corrected chi connectivity index (χ1v) is 9.15. The molecule has 0 aromatic heterocycles. The monoisotopic (exact) mass is 453 g/mol. The summed E-state index contributed by atoms with van der Waals surface area (Å²) in [5.74, 6) is -3.11.